The monoisotopic (exact) mass is 419 g/mol. The smallest absolute Gasteiger partial charge is 0.0715 e. The summed E-state index contributed by atoms with van der Waals surface area (Å²) in [6.07, 6.45) is 0. The van der Waals surface area contributed by atoms with Gasteiger partial charge in [0.05, 0.1) is 11.2 Å². The number of nitrogens with zero attached hydrogens (tertiary/aromatic N) is 1. The number of para-hydroxylation sites is 1. The molecule has 0 aliphatic heterocycles. The molecule has 2 aromatic heterocycles. The highest BCUT2D eigenvalue weighted by Crippen LogP contribution is 2.57. The first-order valence-electron chi connectivity index (χ1n) is 11.0. The van der Waals surface area contributed by atoms with Gasteiger partial charge in [-0.3, -0.25) is 0 Å². The number of hydrogen-bond donors (Lipinski definition) is 0. The van der Waals surface area contributed by atoms with E-state index in [9.17, 15) is 0 Å². The molecule has 0 atom stereocenters. The van der Waals surface area contributed by atoms with Crippen LogP contribution >= 0.6 is 11.3 Å². The van der Waals surface area contributed by atoms with Crippen LogP contribution in [0.4, 0.5) is 0 Å². The van der Waals surface area contributed by atoms with Gasteiger partial charge in [0, 0.05) is 25.9 Å². The van der Waals surface area contributed by atoms with Gasteiger partial charge < -0.3 is 0 Å². The molecule has 0 spiro atoms. The Bertz CT molecular complexity index is 1490. The zero-order chi connectivity index (χ0) is 21.3. The van der Waals surface area contributed by atoms with Gasteiger partial charge in [-0.25, -0.2) is 4.98 Å². The van der Waals surface area contributed by atoms with Gasteiger partial charge in [0.15, 0.2) is 0 Å². The lowest BCUT2D eigenvalue weighted by Gasteiger charge is -2.25. The Morgan fingerprint density at radius 1 is 0.774 bits per heavy atom. The van der Waals surface area contributed by atoms with Crippen molar-refractivity contribution in [3.05, 3.63) is 89.5 Å². The summed E-state index contributed by atoms with van der Waals surface area (Å²) in [6, 6.07) is 26.5. The molecule has 152 valence electrons. The van der Waals surface area contributed by atoms with E-state index in [1.807, 2.05) is 11.3 Å². The van der Waals surface area contributed by atoms with Crippen LogP contribution in [0.1, 0.15) is 50.3 Å². The molecule has 0 saturated carbocycles. The van der Waals surface area contributed by atoms with Gasteiger partial charge in [-0.1, -0.05) is 82.3 Å². The fourth-order valence-corrected chi connectivity index (χ4v) is 6.82. The van der Waals surface area contributed by atoms with Crippen molar-refractivity contribution in [1.82, 2.24) is 4.98 Å². The van der Waals surface area contributed by atoms with Crippen molar-refractivity contribution in [3.8, 4) is 21.7 Å². The average molecular weight is 420 g/mol. The molecular formula is C29H25NS. The minimum atomic E-state index is -0.0633. The topological polar surface area (TPSA) is 12.9 Å². The van der Waals surface area contributed by atoms with Crippen molar-refractivity contribution in [3.63, 3.8) is 0 Å². The van der Waals surface area contributed by atoms with E-state index in [1.165, 1.54) is 48.2 Å². The molecule has 3 aromatic carbocycles. The zero-order valence-corrected chi connectivity index (χ0v) is 19.2. The summed E-state index contributed by atoms with van der Waals surface area (Å²) in [5.74, 6) is 0.446. The van der Waals surface area contributed by atoms with Gasteiger partial charge in [-0.2, -0.15) is 0 Å². The first-order valence-corrected chi connectivity index (χ1v) is 11.8. The maximum atomic E-state index is 5.14. The van der Waals surface area contributed by atoms with Crippen LogP contribution in [-0.2, 0) is 5.41 Å². The second-order valence-corrected chi connectivity index (χ2v) is 10.5. The lowest BCUT2D eigenvalue weighted by atomic mass is 9.78. The Kier molecular flexibility index (Phi) is 3.94. The Hall–Kier alpha value is -2.97. The second kappa shape index (κ2) is 6.51. The molecule has 0 saturated heterocycles. The zero-order valence-electron chi connectivity index (χ0n) is 18.4. The SMILES string of the molecule is CC(C)c1cc(-c2cccc3c2C(C)(C)c2c-3sc3ccccc23)nc2ccccc12. The van der Waals surface area contributed by atoms with Crippen molar-refractivity contribution >= 4 is 32.3 Å². The Morgan fingerprint density at radius 2 is 1.48 bits per heavy atom. The highest BCUT2D eigenvalue weighted by atomic mass is 32.1. The molecule has 0 fully saturated rings. The van der Waals surface area contributed by atoms with Gasteiger partial charge in [-0.05, 0) is 51.8 Å². The molecule has 6 rings (SSSR count). The van der Waals surface area contributed by atoms with Crippen molar-refractivity contribution in [2.24, 2.45) is 0 Å². The fourth-order valence-electron chi connectivity index (χ4n) is 5.43. The molecular weight excluding hydrogens is 394 g/mol. The number of pyridine rings is 1. The summed E-state index contributed by atoms with van der Waals surface area (Å²) in [4.78, 5) is 6.57. The molecule has 2 heteroatoms. The third-order valence-corrected chi connectivity index (χ3v) is 8.00. The molecule has 2 heterocycles. The molecule has 1 nitrogen and oxygen atoms in total. The van der Waals surface area contributed by atoms with Crippen LogP contribution in [0.15, 0.2) is 72.8 Å². The van der Waals surface area contributed by atoms with Crippen molar-refractivity contribution in [2.45, 2.75) is 39.0 Å². The first kappa shape index (κ1) is 18.8. The molecule has 5 aromatic rings. The lowest BCUT2D eigenvalue weighted by molar-refractivity contribution is 0.668. The van der Waals surface area contributed by atoms with Gasteiger partial charge in [-0.15, -0.1) is 11.3 Å². The number of hydrogen-bond acceptors (Lipinski definition) is 2. The minimum Gasteiger partial charge on any atom is -0.248 e. The number of aromatic nitrogens is 1. The second-order valence-electron chi connectivity index (χ2n) is 9.42. The van der Waals surface area contributed by atoms with E-state index in [4.69, 9.17) is 4.98 Å². The highest BCUT2D eigenvalue weighted by Gasteiger charge is 2.40. The first-order chi connectivity index (χ1) is 15.0. The third kappa shape index (κ3) is 2.58. The predicted molar refractivity (Wildman–Crippen MR) is 134 cm³/mol. The van der Waals surface area contributed by atoms with Crippen LogP contribution in [0.5, 0.6) is 0 Å². The van der Waals surface area contributed by atoms with Gasteiger partial charge in [0.2, 0.25) is 0 Å². The van der Waals surface area contributed by atoms with E-state index in [0.717, 1.165) is 11.2 Å². The number of benzene rings is 3. The maximum Gasteiger partial charge on any atom is 0.0715 e. The van der Waals surface area contributed by atoms with E-state index >= 15 is 0 Å². The van der Waals surface area contributed by atoms with Crippen LogP contribution in [-0.4, -0.2) is 4.98 Å². The number of thiophene rings is 1. The summed E-state index contributed by atoms with van der Waals surface area (Å²) >= 11 is 1.93. The molecule has 0 radical (unpaired) electrons. The Labute approximate surface area is 187 Å². The molecule has 1 aliphatic rings. The highest BCUT2D eigenvalue weighted by molar-refractivity contribution is 7.22. The van der Waals surface area contributed by atoms with E-state index in [2.05, 4.69) is 100 Å². The molecule has 0 bridgehead atoms. The number of fused-ring (bicyclic) bond motifs is 6. The van der Waals surface area contributed by atoms with E-state index < -0.39 is 0 Å². The molecule has 0 amide bonds. The number of rotatable bonds is 2. The summed E-state index contributed by atoms with van der Waals surface area (Å²) in [5.41, 5.74) is 9.01. The molecule has 0 N–H and O–H groups in total. The summed E-state index contributed by atoms with van der Waals surface area (Å²) in [6.45, 7) is 9.30. The molecule has 31 heavy (non-hydrogen) atoms. The maximum absolute atomic E-state index is 5.14. The van der Waals surface area contributed by atoms with Crippen LogP contribution in [0, 0.1) is 0 Å². The average Bonchev–Trinajstić information content (AvgIpc) is 3.27. The predicted octanol–water partition coefficient (Wildman–Crippen LogP) is 8.55. The van der Waals surface area contributed by atoms with Gasteiger partial charge in [0.1, 0.15) is 0 Å². The van der Waals surface area contributed by atoms with Crippen LogP contribution in [0.25, 0.3) is 42.7 Å². The van der Waals surface area contributed by atoms with Crippen LogP contribution in [0.2, 0.25) is 0 Å². The minimum absolute atomic E-state index is 0.0633. The Balaban J connectivity index is 1.66. The van der Waals surface area contributed by atoms with E-state index in [1.54, 1.807) is 0 Å². The molecule has 1 aliphatic carbocycles. The van der Waals surface area contributed by atoms with Crippen molar-refractivity contribution < 1.29 is 0 Å². The summed E-state index contributed by atoms with van der Waals surface area (Å²) in [7, 11) is 0. The van der Waals surface area contributed by atoms with Crippen molar-refractivity contribution in [2.75, 3.05) is 0 Å². The normalized spacial score (nSPS) is 14.4. The Morgan fingerprint density at radius 3 is 2.29 bits per heavy atom. The van der Waals surface area contributed by atoms with Crippen molar-refractivity contribution in [1.29, 1.82) is 0 Å². The largest absolute Gasteiger partial charge is 0.248 e. The third-order valence-electron chi connectivity index (χ3n) is 6.80. The van der Waals surface area contributed by atoms with E-state index in [0.29, 0.717) is 5.92 Å². The quantitative estimate of drug-likeness (QED) is 0.279. The molecule has 0 unspecified atom stereocenters. The fraction of sp³-hybridized carbons (Fsp3) is 0.207. The summed E-state index contributed by atoms with van der Waals surface area (Å²) in [5, 5.41) is 2.65. The van der Waals surface area contributed by atoms with E-state index in [-0.39, 0.29) is 5.41 Å². The summed E-state index contributed by atoms with van der Waals surface area (Å²) < 4.78 is 1.38. The van der Waals surface area contributed by atoms with Gasteiger partial charge >= 0.3 is 0 Å². The standard InChI is InChI=1S/C29H25NS/c1-17(2)22-16-24(30-23-14-7-5-10-18(22)23)19-12-9-13-21-26(19)29(3,4)27-20-11-6-8-15-25(20)31-28(21)27/h5-17H,1-4H3. The van der Waals surface area contributed by atoms with Crippen LogP contribution in [0.3, 0.4) is 0 Å². The van der Waals surface area contributed by atoms with Gasteiger partial charge in [0.25, 0.3) is 0 Å². The lowest BCUT2D eigenvalue weighted by Crippen LogP contribution is -2.16. The van der Waals surface area contributed by atoms with Crippen LogP contribution < -0.4 is 0 Å².